The summed E-state index contributed by atoms with van der Waals surface area (Å²) in [6.07, 6.45) is 5.17. The largest absolute Gasteiger partial charge is 0.444 e. The molecule has 0 heterocycles. The van der Waals surface area contributed by atoms with E-state index in [9.17, 15) is 4.79 Å². The van der Waals surface area contributed by atoms with Gasteiger partial charge in [-0.3, -0.25) is 0 Å². The van der Waals surface area contributed by atoms with E-state index < -0.39 is 11.7 Å². The minimum absolute atomic E-state index is 0.453. The summed E-state index contributed by atoms with van der Waals surface area (Å²) in [5.41, 5.74) is 4.26. The molecule has 1 amide bonds. The van der Waals surface area contributed by atoms with Crippen molar-refractivity contribution >= 4 is 6.09 Å². The molecule has 0 atom stereocenters. The van der Waals surface area contributed by atoms with Crippen LogP contribution < -0.4 is 5.73 Å². The molecule has 3 heteroatoms. The maximum atomic E-state index is 10.0. The maximum Gasteiger partial charge on any atom is 0.405 e. The summed E-state index contributed by atoms with van der Waals surface area (Å²) < 4.78 is 4.58. The molecule has 0 aromatic carbocycles. The van der Waals surface area contributed by atoms with Gasteiger partial charge in [-0.05, 0) is 32.6 Å². The summed E-state index contributed by atoms with van der Waals surface area (Å²) in [7, 11) is 0. The molecule has 0 aliphatic heterocycles. The third-order valence-corrected chi connectivity index (χ3v) is 2.71. The van der Waals surface area contributed by atoms with Crippen molar-refractivity contribution in [1.29, 1.82) is 0 Å². The van der Waals surface area contributed by atoms with Crippen LogP contribution in [0.25, 0.3) is 0 Å². The predicted molar refractivity (Wildman–Crippen MR) is 67.2 cm³/mol. The highest BCUT2D eigenvalue weighted by Crippen LogP contribution is 2.27. The highest BCUT2D eigenvalue weighted by Gasteiger charge is 2.13. The van der Waals surface area contributed by atoms with Crippen LogP contribution in [0.4, 0.5) is 4.79 Å². The van der Waals surface area contributed by atoms with Crippen LogP contribution in [0.5, 0.6) is 0 Å². The maximum absolute atomic E-state index is 10.0. The van der Waals surface area contributed by atoms with E-state index in [1.54, 1.807) is 20.8 Å². The highest BCUT2D eigenvalue weighted by atomic mass is 16.6. The van der Waals surface area contributed by atoms with Crippen molar-refractivity contribution in [3.05, 3.63) is 0 Å². The standard InChI is InChI=1S/C8H16.C5H11NO2/c1-7-3-5-8(2)6-4-7;1-5(2,3)8-4(6)7/h7-8H,3-6H2,1-2H3;1-3H3,(H2,6,7). The Morgan fingerprint density at radius 3 is 1.50 bits per heavy atom. The van der Waals surface area contributed by atoms with E-state index in [1.807, 2.05) is 0 Å². The Hall–Kier alpha value is -0.730. The van der Waals surface area contributed by atoms with Gasteiger partial charge >= 0.3 is 6.09 Å². The number of rotatable bonds is 0. The molecule has 1 fully saturated rings. The van der Waals surface area contributed by atoms with Gasteiger partial charge in [0.1, 0.15) is 5.60 Å². The van der Waals surface area contributed by atoms with Crippen molar-refractivity contribution < 1.29 is 9.53 Å². The van der Waals surface area contributed by atoms with Crippen LogP contribution in [0, 0.1) is 11.8 Å². The first-order valence-electron chi connectivity index (χ1n) is 6.19. The minimum atomic E-state index is -0.725. The summed E-state index contributed by atoms with van der Waals surface area (Å²) in [6.45, 7) is 10.0. The van der Waals surface area contributed by atoms with Crippen LogP contribution in [0.1, 0.15) is 60.3 Å². The fourth-order valence-corrected chi connectivity index (χ4v) is 1.73. The Kier molecular flexibility index (Phi) is 6.46. The second-order valence-electron chi connectivity index (χ2n) is 5.90. The monoisotopic (exact) mass is 229 g/mol. The molecule has 2 N–H and O–H groups in total. The van der Waals surface area contributed by atoms with Gasteiger partial charge in [-0.15, -0.1) is 0 Å². The number of hydrogen-bond acceptors (Lipinski definition) is 2. The van der Waals surface area contributed by atoms with E-state index in [4.69, 9.17) is 5.73 Å². The summed E-state index contributed by atoms with van der Waals surface area (Å²) in [5.74, 6) is 2.04. The molecular formula is C13H27NO2. The van der Waals surface area contributed by atoms with Crippen molar-refractivity contribution in [1.82, 2.24) is 0 Å². The Morgan fingerprint density at radius 1 is 1.06 bits per heavy atom. The molecule has 96 valence electrons. The van der Waals surface area contributed by atoms with Crippen molar-refractivity contribution in [2.24, 2.45) is 17.6 Å². The summed E-state index contributed by atoms with van der Waals surface area (Å²) in [6, 6.07) is 0. The van der Waals surface area contributed by atoms with Gasteiger partial charge in [0.2, 0.25) is 0 Å². The predicted octanol–water partition coefficient (Wildman–Crippen LogP) is 3.71. The quantitative estimate of drug-likeness (QED) is 0.688. The SMILES string of the molecule is CC(C)(C)OC(N)=O.CC1CCC(C)CC1. The zero-order valence-corrected chi connectivity index (χ0v) is 11.4. The van der Waals surface area contributed by atoms with Gasteiger partial charge in [-0.2, -0.15) is 0 Å². The van der Waals surface area contributed by atoms with E-state index >= 15 is 0 Å². The van der Waals surface area contributed by atoms with Gasteiger partial charge in [-0.25, -0.2) is 4.79 Å². The van der Waals surface area contributed by atoms with Crippen LogP contribution in [0.2, 0.25) is 0 Å². The van der Waals surface area contributed by atoms with Gasteiger partial charge in [-0.1, -0.05) is 39.5 Å². The van der Waals surface area contributed by atoms with Crippen molar-refractivity contribution in [2.45, 2.75) is 65.9 Å². The Labute approximate surface area is 99.7 Å². The Morgan fingerprint density at radius 2 is 1.38 bits per heavy atom. The summed E-state index contributed by atoms with van der Waals surface area (Å²) in [4.78, 5) is 10.0. The normalized spacial score (nSPS) is 25.3. The van der Waals surface area contributed by atoms with E-state index in [-0.39, 0.29) is 0 Å². The van der Waals surface area contributed by atoms with Gasteiger partial charge < -0.3 is 10.5 Å². The van der Waals surface area contributed by atoms with Crippen molar-refractivity contribution in [3.63, 3.8) is 0 Å². The van der Waals surface area contributed by atoms with Gasteiger partial charge in [0.15, 0.2) is 0 Å². The lowest BCUT2D eigenvalue weighted by Gasteiger charge is -2.22. The lowest BCUT2D eigenvalue weighted by atomic mass is 9.84. The lowest BCUT2D eigenvalue weighted by Crippen LogP contribution is -2.27. The number of nitrogens with two attached hydrogens (primary N) is 1. The zero-order valence-electron chi connectivity index (χ0n) is 11.4. The second-order valence-corrected chi connectivity index (χ2v) is 5.90. The molecule has 0 unspecified atom stereocenters. The van der Waals surface area contributed by atoms with E-state index in [2.05, 4.69) is 18.6 Å². The third-order valence-electron chi connectivity index (χ3n) is 2.71. The average Bonchev–Trinajstić information content (AvgIpc) is 2.07. The zero-order chi connectivity index (χ0) is 12.8. The lowest BCUT2D eigenvalue weighted by molar-refractivity contribution is 0.0600. The van der Waals surface area contributed by atoms with E-state index in [1.165, 1.54) is 25.7 Å². The number of carbonyl (C=O) groups is 1. The van der Waals surface area contributed by atoms with Gasteiger partial charge in [0, 0.05) is 0 Å². The third kappa shape index (κ3) is 9.81. The fourth-order valence-electron chi connectivity index (χ4n) is 1.73. The highest BCUT2D eigenvalue weighted by molar-refractivity contribution is 5.65. The number of hydrogen-bond donors (Lipinski definition) is 1. The van der Waals surface area contributed by atoms with E-state index in [0.717, 1.165) is 11.8 Å². The Bertz CT molecular complexity index is 190. The molecular weight excluding hydrogens is 202 g/mol. The molecule has 1 rings (SSSR count). The van der Waals surface area contributed by atoms with E-state index in [0.29, 0.717) is 0 Å². The average molecular weight is 229 g/mol. The molecule has 0 aromatic rings. The Balaban J connectivity index is 0.000000281. The van der Waals surface area contributed by atoms with Gasteiger partial charge in [0.05, 0.1) is 0 Å². The first kappa shape index (κ1) is 15.3. The van der Waals surface area contributed by atoms with Crippen LogP contribution in [0.15, 0.2) is 0 Å². The number of ether oxygens (including phenoxy) is 1. The molecule has 1 saturated carbocycles. The minimum Gasteiger partial charge on any atom is -0.444 e. The summed E-state index contributed by atoms with van der Waals surface area (Å²) in [5, 5.41) is 0. The molecule has 1 aliphatic carbocycles. The molecule has 0 spiro atoms. The first-order chi connectivity index (χ1) is 7.20. The molecule has 3 nitrogen and oxygen atoms in total. The number of primary amides is 1. The molecule has 0 bridgehead atoms. The van der Waals surface area contributed by atoms with Crippen LogP contribution in [-0.2, 0) is 4.74 Å². The van der Waals surface area contributed by atoms with Crippen LogP contribution in [-0.4, -0.2) is 11.7 Å². The van der Waals surface area contributed by atoms with Gasteiger partial charge in [0.25, 0.3) is 0 Å². The van der Waals surface area contributed by atoms with Crippen LogP contribution >= 0.6 is 0 Å². The van der Waals surface area contributed by atoms with Crippen LogP contribution in [0.3, 0.4) is 0 Å². The number of carbonyl (C=O) groups excluding carboxylic acids is 1. The molecule has 1 aliphatic rings. The smallest absolute Gasteiger partial charge is 0.405 e. The van der Waals surface area contributed by atoms with Crippen molar-refractivity contribution in [3.8, 4) is 0 Å². The molecule has 16 heavy (non-hydrogen) atoms. The fraction of sp³-hybridized carbons (Fsp3) is 0.923. The van der Waals surface area contributed by atoms with Crippen molar-refractivity contribution in [2.75, 3.05) is 0 Å². The molecule has 0 radical (unpaired) electrons. The second kappa shape index (κ2) is 6.77. The topological polar surface area (TPSA) is 52.3 Å². The number of amides is 1. The summed E-state index contributed by atoms with van der Waals surface area (Å²) >= 11 is 0. The molecule has 0 aromatic heterocycles. The molecule has 0 saturated heterocycles. The first-order valence-corrected chi connectivity index (χ1v) is 6.19.